The van der Waals surface area contributed by atoms with Gasteiger partial charge in [0.25, 0.3) is 5.91 Å². The molecule has 2 heterocycles. The van der Waals surface area contributed by atoms with Gasteiger partial charge in [-0.1, -0.05) is 12.1 Å². The molecule has 1 unspecified atom stereocenters. The van der Waals surface area contributed by atoms with Gasteiger partial charge in [0, 0.05) is 17.9 Å². The molecule has 0 spiro atoms. The number of hydrogen-bond donors (Lipinski definition) is 3. The number of methoxy groups -OCH3 is 1. The molecule has 0 radical (unpaired) electrons. The smallest absolute Gasteiger partial charge is 0.254 e. The Morgan fingerprint density at radius 1 is 1.17 bits per heavy atom. The topological polar surface area (TPSA) is 109 Å². The van der Waals surface area contributed by atoms with Gasteiger partial charge in [0.1, 0.15) is 11.8 Å². The third-order valence-corrected chi connectivity index (χ3v) is 4.89. The maximum atomic E-state index is 12.4. The number of para-hydroxylation sites is 1. The van der Waals surface area contributed by atoms with Crippen molar-refractivity contribution < 1.29 is 19.1 Å². The van der Waals surface area contributed by atoms with Crippen LogP contribution in [0.5, 0.6) is 5.75 Å². The Labute approximate surface area is 172 Å². The van der Waals surface area contributed by atoms with E-state index in [0.29, 0.717) is 22.7 Å². The van der Waals surface area contributed by atoms with E-state index in [1.807, 2.05) is 24.3 Å². The number of ether oxygens (including phenoxy) is 1. The average Bonchev–Trinajstić information content (AvgIpc) is 2.87. The molecular weight excluding hydrogens is 384 g/mol. The highest BCUT2D eigenvalue weighted by atomic mass is 16.5. The fourth-order valence-corrected chi connectivity index (χ4v) is 3.31. The Morgan fingerprint density at radius 3 is 2.83 bits per heavy atom. The second-order valence-corrected chi connectivity index (χ2v) is 6.93. The maximum absolute atomic E-state index is 12.4. The highest BCUT2D eigenvalue weighted by Crippen LogP contribution is 2.22. The van der Waals surface area contributed by atoms with Crippen molar-refractivity contribution >= 4 is 40.0 Å². The first-order valence-corrected chi connectivity index (χ1v) is 9.48. The van der Waals surface area contributed by atoms with Crippen LogP contribution in [-0.2, 0) is 9.59 Å². The monoisotopic (exact) mass is 404 g/mol. The quantitative estimate of drug-likeness (QED) is 0.606. The molecule has 152 valence electrons. The second kappa shape index (κ2) is 8.20. The lowest BCUT2D eigenvalue weighted by atomic mass is 10.1. The Morgan fingerprint density at radius 2 is 2.00 bits per heavy atom. The molecule has 1 aliphatic rings. The molecule has 0 saturated heterocycles. The van der Waals surface area contributed by atoms with E-state index in [0.717, 1.165) is 10.9 Å². The van der Waals surface area contributed by atoms with Crippen molar-refractivity contribution in [1.82, 2.24) is 10.3 Å². The van der Waals surface area contributed by atoms with E-state index in [-0.39, 0.29) is 30.6 Å². The van der Waals surface area contributed by atoms with Crippen molar-refractivity contribution in [3.63, 3.8) is 0 Å². The first-order valence-electron chi connectivity index (χ1n) is 9.48. The molecule has 2 aromatic carbocycles. The first kappa shape index (κ1) is 19.4. The molecule has 0 saturated carbocycles. The van der Waals surface area contributed by atoms with Crippen LogP contribution in [0.25, 0.3) is 10.9 Å². The van der Waals surface area contributed by atoms with E-state index in [2.05, 4.69) is 20.9 Å². The van der Waals surface area contributed by atoms with Crippen LogP contribution in [-0.4, -0.2) is 35.9 Å². The van der Waals surface area contributed by atoms with Gasteiger partial charge >= 0.3 is 0 Å². The van der Waals surface area contributed by atoms with Gasteiger partial charge < -0.3 is 20.7 Å². The number of pyridine rings is 1. The predicted molar refractivity (Wildman–Crippen MR) is 112 cm³/mol. The van der Waals surface area contributed by atoms with Gasteiger partial charge in [-0.25, -0.2) is 0 Å². The zero-order valence-electron chi connectivity index (χ0n) is 16.3. The number of nitrogens with one attached hydrogen (secondary N) is 3. The Hall–Kier alpha value is -3.94. The van der Waals surface area contributed by atoms with Gasteiger partial charge in [0.15, 0.2) is 0 Å². The molecule has 8 heteroatoms. The highest BCUT2D eigenvalue weighted by Gasteiger charge is 2.27. The summed E-state index contributed by atoms with van der Waals surface area (Å²) in [5.41, 5.74) is 2.17. The minimum atomic E-state index is -0.794. The summed E-state index contributed by atoms with van der Waals surface area (Å²) in [6.07, 6.45) is 1.81. The van der Waals surface area contributed by atoms with Crippen LogP contribution in [0.1, 0.15) is 23.2 Å². The molecule has 3 N–H and O–H groups in total. The van der Waals surface area contributed by atoms with E-state index in [9.17, 15) is 14.4 Å². The molecule has 0 fully saturated rings. The first-order chi connectivity index (χ1) is 14.5. The number of nitrogens with zero attached hydrogens (tertiary/aromatic N) is 1. The summed E-state index contributed by atoms with van der Waals surface area (Å²) in [6.45, 7) is 0. The van der Waals surface area contributed by atoms with Gasteiger partial charge in [-0.15, -0.1) is 0 Å². The molecule has 30 heavy (non-hydrogen) atoms. The van der Waals surface area contributed by atoms with Crippen LogP contribution in [0.2, 0.25) is 0 Å². The average molecular weight is 404 g/mol. The van der Waals surface area contributed by atoms with E-state index in [1.54, 1.807) is 37.6 Å². The fraction of sp³-hybridized carbons (Fsp3) is 0.182. The van der Waals surface area contributed by atoms with E-state index >= 15 is 0 Å². The molecular formula is C22H20N4O4. The largest absolute Gasteiger partial charge is 0.497 e. The molecule has 0 aliphatic carbocycles. The molecule has 1 atom stereocenters. The number of carbonyl (C=O) groups is 3. The molecule has 8 nitrogen and oxygen atoms in total. The number of benzene rings is 2. The highest BCUT2D eigenvalue weighted by molar-refractivity contribution is 6.10. The van der Waals surface area contributed by atoms with Crippen LogP contribution in [0, 0.1) is 0 Å². The third kappa shape index (κ3) is 4.07. The molecule has 4 rings (SSSR count). The standard InChI is InChI=1S/C22H20N4O4/c1-30-15-7-6-13-10-14(12-23-19(13)11-15)24-20(27)9-8-18-22(29)25-17-5-3-2-4-16(17)21(28)26-18/h2-7,10-12,18H,8-9H2,1H3,(H,24,27)(H,25,29)(H,26,28). The van der Waals surface area contributed by atoms with Crippen molar-refractivity contribution in [3.05, 3.63) is 60.3 Å². The molecule has 1 aliphatic heterocycles. The Bertz CT molecular complexity index is 1140. The van der Waals surface area contributed by atoms with Crippen molar-refractivity contribution in [2.45, 2.75) is 18.9 Å². The van der Waals surface area contributed by atoms with E-state index in [4.69, 9.17) is 4.74 Å². The lowest BCUT2D eigenvalue weighted by molar-refractivity contribution is -0.118. The lowest BCUT2D eigenvalue weighted by Crippen LogP contribution is -2.41. The normalized spacial score (nSPS) is 15.6. The Kier molecular flexibility index (Phi) is 5.30. The number of carbonyl (C=O) groups excluding carboxylic acids is 3. The van der Waals surface area contributed by atoms with Crippen molar-refractivity contribution in [2.24, 2.45) is 0 Å². The summed E-state index contributed by atoms with van der Waals surface area (Å²) >= 11 is 0. The van der Waals surface area contributed by atoms with Crippen LogP contribution in [0.4, 0.5) is 11.4 Å². The molecule has 1 aromatic heterocycles. The fourth-order valence-electron chi connectivity index (χ4n) is 3.31. The van der Waals surface area contributed by atoms with Crippen molar-refractivity contribution in [2.75, 3.05) is 17.7 Å². The summed E-state index contributed by atoms with van der Waals surface area (Å²) in [6, 6.07) is 13.3. The summed E-state index contributed by atoms with van der Waals surface area (Å²) in [7, 11) is 1.59. The minimum absolute atomic E-state index is 0.0648. The van der Waals surface area contributed by atoms with Crippen molar-refractivity contribution in [1.29, 1.82) is 0 Å². The lowest BCUT2D eigenvalue weighted by Gasteiger charge is -2.14. The van der Waals surface area contributed by atoms with Crippen LogP contribution >= 0.6 is 0 Å². The van der Waals surface area contributed by atoms with Gasteiger partial charge in [0.2, 0.25) is 11.8 Å². The SMILES string of the molecule is COc1ccc2cc(NC(=O)CCC3NC(=O)c4ccccc4NC3=O)cnc2c1. The summed E-state index contributed by atoms with van der Waals surface area (Å²) in [5, 5.41) is 9.06. The van der Waals surface area contributed by atoms with Crippen LogP contribution < -0.4 is 20.7 Å². The zero-order valence-corrected chi connectivity index (χ0v) is 16.3. The number of fused-ring (bicyclic) bond motifs is 2. The summed E-state index contributed by atoms with van der Waals surface area (Å²) < 4.78 is 5.18. The van der Waals surface area contributed by atoms with E-state index < -0.39 is 6.04 Å². The number of aromatic nitrogens is 1. The maximum Gasteiger partial charge on any atom is 0.254 e. The predicted octanol–water partition coefficient (Wildman–Crippen LogP) is 2.71. The van der Waals surface area contributed by atoms with Gasteiger partial charge in [-0.3, -0.25) is 19.4 Å². The second-order valence-electron chi connectivity index (χ2n) is 6.93. The third-order valence-electron chi connectivity index (χ3n) is 4.89. The number of amides is 3. The van der Waals surface area contributed by atoms with Crippen LogP contribution in [0.3, 0.4) is 0 Å². The van der Waals surface area contributed by atoms with Gasteiger partial charge in [-0.05, 0) is 36.8 Å². The number of hydrogen-bond acceptors (Lipinski definition) is 5. The van der Waals surface area contributed by atoms with Gasteiger partial charge in [0.05, 0.1) is 35.8 Å². The molecule has 0 bridgehead atoms. The number of rotatable bonds is 5. The summed E-state index contributed by atoms with van der Waals surface area (Å²) in [5.74, 6) is -0.253. The molecule has 3 aromatic rings. The van der Waals surface area contributed by atoms with Crippen LogP contribution in [0.15, 0.2) is 54.7 Å². The van der Waals surface area contributed by atoms with E-state index in [1.165, 1.54) is 0 Å². The Balaban J connectivity index is 1.38. The summed E-state index contributed by atoms with van der Waals surface area (Å²) in [4.78, 5) is 41.5. The number of anilines is 2. The minimum Gasteiger partial charge on any atom is -0.497 e. The zero-order chi connectivity index (χ0) is 21.1. The van der Waals surface area contributed by atoms with Crippen molar-refractivity contribution in [3.8, 4) is 5.75 Å². The molecule has 3 amide bonds. The van der Waals surface area contributed by atoms with Gasteiger partial charge in [-0.2, -0.15) is 0 Å².